The van der Waals surface area contributed by atoms with Crippen LogP contribution in [0.25, 0.3) is 0 Å². The highest BCUT2D eigenvalue weighted by molar-refractivity contribution is 7.89. The minimum atomic E-state index is -3.52. The van der Waals surface area contributed by atoms with Crippen LogP contribution < -0.4 is 0 Å². The summed E-state index contributed by atoms with van der Waals surface area (Å²) >= 11 is 0. The van der Waals surface area contributed by atoms with Crippen LogP contribution in [0.15, 0.2) is 29.2 Å². The van der Waals surface area contributed by atoms with E-state index in [1.54, 1.807) is 6.29 Å². The lowest BCUT2D eigenvalue weighted by Gasteiger charge is -2.26. The predicted octanol–water partition coefficient (Wildman–Crippen LogP) is 0.165. The van der Waals surface area contributed by atoms with Crippen molar-refractivity contribution in [1.29, 1.82) is 0 Å². The number of hydrogen-bond acceptors (Lipinski definition) is 4. The van der Waals surface area contributed by atoms with Gasteiger partial charge in [0.2, 0.25) is 16.3 Å². The van der Waals surface area contributed by atoms with E-state index in [9.17, 15) is 13.2 Å². The van der Waals surface area contributed by atoms with Gasteiger partial charge in [-0.05, 0) is 12.1 Å². The number of sulfonamides is 1. The van der Waals surface area contributed by atoms with Gasteiger partial charge in [0.15, 0.2) is 0 Å². The number of rotatable bonds is 3. The molecule has 6 heteroatoms. The Kier molecular flexibility index (Phi) is 3.56. The average Bonchev–Trinajstić information content (AvgIpc) is 2.40. The van der Waals surface area contributed by atoms with Crippen LogP contribution in [0.4, 0.5) is 0 Å². The quantitative estimate of drug-likeness (QED) is 0.771. The molecule has 17 heavy (non-hydrogen) atoms. The van der Waals surface area contributed by atoms with Crippen molar-refractivity contribution in [3.63, 3.8) is 0 Å². The van der Waals surface area contributed by atoms with E-state index >= 15 is 0 Å². The molecule has 0 saturated carbocycles. The molecule has 1 aliphatic heterocycles. The average molecular weight is 254 g/mol. The highest BCUT2D eigenvalue weighted by atomic mass is 32.2. The fourth-order valence-electron chi connectivity index (χ4n) is 1.66. The van der Waals surface area contributed by atoms with Crippen molar-refractivity contribution >= 4 is 16.3 Å². The number of nitrogens with zero attached hydrogens (tertiary/aromatic N) is 1. The summed E-state index contributed by atoms with van der Waals surface area (Å²) in [4.78, 5) is 10.6. The van der Waals surface area contributed by atoms with Crippen molar-refractivity contribution in [2.75, 3.05) is 26.3 Å². The lowest BCUT2D eigenvalue weighted by atomic mass is 10.2. The molecule has 0 aliphatic carbocycles. The lowest BCUT2D eigenvalue weighted by molar-refractivity contribution is 0.0730. The molecule has 1 aromatic rings. The van der Waals surface area contributed by atoms with Crippen LogP contribution in [0.2, 0.25) is 0 Å². The molecule has 0 spiro atoms. The van der Waals surface area contributed by atoms with Gasteiger partial charge in [-0.25, -0.2) is 8.42 Å². The predicted molar refractivity (Wildman–Crippen MR) is 60.8 cm³/mol. The molecule has 0 bridgehead atoms. The normalized spacial score (nSPS) is 17.9. The van der Waals surface area contributed by atoms with E-state index < -0.39 is 10.0 Å². The molecule has 1 radical (unpaired) electrons. The first kappa shape index (κ1) is 12.2. The van der Waals surface area contributed by atoms with Crippen molar-refractivity contribution < 1.29 is 17.9 Å². The van der Waals surface area contributed by atoms with Gasteiger partial charge in [0.1, 0.15) is 0 Å². The third-order valence-electron chi connectivity index (χ3n) is 2.56. The molecule has 91 valence electrons. The molecule has 0 unspecified atom stereocenters. The van der Waals surface area contributed by atoms with E-state index in [4.69, 9.17) is 4.74 Å². The Hall–Kier alpha value is -1.24. The SMILES string of the molecule is O=[C]c1cccc(S(=O)(=O)N2CCOCC2)c1. The maximum absolute atomic E-state index is 12.2. The topological polar surface area (TPSA) is 63.7 Å². The summed E-state index contributed by atoms with van der Waals surface area (Å²) in [6.07, 6.45) is 1.68. The van der Waals surface area contributed by atoms with E-state index in [0.29, 0.717) is 26.3 Å². The van der Waals surface area contributed by atoms with Gasteiger partial charge in [0.05, 0.1) is 18.1 Å². The summed E-state index contributed by atoms with van der Waals surface area (Å²) in [5.41, 5.74) is 0.235. The van der Waals surface area contributed by atoms with Gasteiger partial charge in [0, 0.05) is 18.7 Å². The summed E-state index contributed by atoms with van der Waals surface area (Å²) < 4.78 is 30.9. The van der Waals surface area contributed by atoms with E-state index in [1.165, 1.54) is 28.6 Å². The van der Waals surface area contributed by atoms with Crippen LogP contribution in [0.5, 0.6) is 0 Å². The van der Waals surface area contributed by atoms with E-state index in [2.05, 4.69) is 0 Å². The lowest BCUT2D eigenvalue weighted by Crippen LogP contribution is -2.40. The van der Waals surface area contributed by atoms with Crippen LogP contribution in [-0.4, -0.2) is 45.3 Å². The van der Waals surface area contributed by atoms with Gasteiger partial charge >= 0.3 is 0 Å². The van der Waals surface area contributed by atoms with Gasteiger partial charge in [-0.15, -0.1) is 0 Å². The Balaban J connectivity index is 2.32. The van der Waals surface area contributed by atoms with Crippen molar-refractivity contribution in [2.45, 2.75) is 4.90 Å². The second-order valence-corrected chi connectivity index (χ2v) is 5.58. The number of benzene rings is 1. The molecule has 0 aromatic heterocycles. The number of carbonyl (C=O) groups excluding carboxylic acids is 1. The van der Waals surface area contributed by atoms with Gasteiger partial charge in [-0.1, -0.05) is 12.1 Å². The Labute approximate surface area is 100 Å². The molecule has 1 aromatic carbocycles. The first-order chi connectivity index (χ1) is 8.14. The zero-order chi connectivity index (χ0) is 12.3. The molecular weight excluding hydrogens is 242 g/mol. The van der Waals surface area contributed by atoms with Crippen molar-refractivity contribution in [3.05, 3.63) is 29.8 Å². The standard InChI is InChI=1S/C11H12NO4S/c13-9-10-2-1-3-11(8-10)17(14,15)12-4-6-16-7-5-12/h1-3,8H,4-7H2. The molecular formula is C11H12NO4S. The highest BCUT2D eigenvalue weighted by Crippen LogP contribution is 2.17. The molecule has 1 saturated heterocycles. The monoisotopic (exact) mass is 254 g/mol. The minimum absolute atomic E-state index is 0.125. The Morgan fingerprint density at radius 3 is 2.59 bits per heavy atom. The summed E-state index contributed by atoms with van der Waals surface area (Å²) in [6.45, 7) is 1.49. The Bertz CT molecular complexity index is 506. The third-order valence-corrected chi connectivity index (χ3v) is 4.45. The summed E-state index contributed by atoms with van der Waals surface area (Å²) in [6, 6.07) is 5.86. The van der Waals surface area contributed by atoms with Crippen molar-refractivity contribution in [2.24, 2.45) is 0 Å². The molecule has 2 rings (SSSR count). The van der Waals surface area contributed by atoms with Crippen LogP contribution in [-0.2, 0) is 19.6 Å². The smallest absolute Gasteiger partial charge is 0.243 e. The van der Waals surface area contributed by atoms with E-state index in [1.807, 2.05) is 0 Å². The maximum atomic E-state index is 12.2. The Morgan fingerprint density at radius 2 is 1.94 bits per heavy atom. The Morgan fingerprint density at radius 1 is 1.24 bits per heavy atom. The van der Waals surface area contributed by atoms with Gasteiger partial charge < -0.3 is 4.74 Å². The number of hydrogen-bond donors (Lipinski definition) is 0. The molecule has 0 amide bonds. The van der Waals surface area contributed by atoms with E-state index in [-0.39, 0.29) is 10.5 Å². The second-order valence-electron chi connectivity index (χ2n) is 3.65. The van der Waals surface area contributed by atoms with Crippen molar-refractivity contribution in [3.8, 4) is 0 Å². The fraction of sp³-hybridized carbons (Fsp3) is 0.364. The van der Waals surface area contributed by atoms with Crippen LogP contribution >= 0.6 is 0 Å². The molecule has 1 heterocycles. The largest absolute Gasteiger partial charge is 0.379 e. The molecule has 0 N–H and O–H groups in total. The fourth-order valence-corrected chi connectivity index (χ4v) is 3.11. The van der Waals surface area contributed by atoms with E-state index in [0.717, 1.165) is 0 Å². The number of morpholine rings is 1. The van der Waals surface area contributed by atoms with Gasteiger partial charge in [-0.2, -0.15) is 4.31 Å². The zero-order valence-electron chi connectivity index (χ0n) is 9.13. The van der Waals surface area contributed by atoms with Gasteiger partial charge in [-0.3, -0.25) is 4.79 Å². The zero-order valence-corrected chi connectivity index (χ0v) is 9.94. The van der Waals surface area contributed by atoms with Crippen LogP contribution in [0, 0.1) is 0 Å². The molecule has 1 fully saturated rings. The summed E-state index contributed by atoms with van der Waals surface area (Å²) in [5, 5.41) is 0. The minimum Gasteiger partial charge on any atom is -0.379 e. The highest BCUT2D eigenvalue weighted by Gasteiger charge is 2.26. The first-order valence-electron chi connectivity index (χ1n) is 5.21. The molecule has 0 atom stereocenters. The third kappa shape index (κ3) is 2.54. The van der Waals surface area contributed by atoms with Crippen LogP contribution in [0.1, 0.15) is 5.56 Å². The summed E-state index contributed by atoms with van der Waals surface area (Å²) in [5.74, 6) is 0. The maximum Gasteiger partial charge on any atom is 0.243 e. The second kappa shape index (κ2) is 4.95. The van der Waals surface area contributed by atoms with Crippen molar-refractivity contribution in [1.82, 2.24) is 4.31 Å². The first-order valence-corrected chi connectivity index (χ1v) is 6.65. The summed E-state index contributed by atoms with van der Waals surface area (Å²) in [7, 11) is -3.52. The number of ether oxygens (including phenoxy) is 1. The molecule has 1 aliphatic rings. The van der Waals surface area contributed by atoms with Gasteiger partial charge in [0.25, 0.3) is 0 Å². The molecule has 5 nitrogen and oxygen atoms in total. The van der Waals surface area contributed by atoms with Crippen LogP contribution in [0.3, 0.4) is 0 Å².